The van der Waals surface area contributed by atoms with E-state index in [9.17, 15) is 10.1 Å². The van der Waals surface area contributed by atoms with Gasteiger partial charge in [0.1, 0.15) is 5.69 Å². The van der Waals surface area contributed by atoms with Crippen molar-refractivity contribution in [1.29, 1.82) is 0 Å². The Morgan fingerprint density at radius 1 is 1.43 bits per heavy atom. The summed E-state index contributed by atoms with van der Waals surface area (Å²) < 4.78 is 1.28. The molecule has 2 aromatic rings. The van der Waals surface area contributed by atoms with Gasteiger partial charge in [0, 0.05) is 10.9 Å². The maximum Gasteiger partial charge on any atom is 0.292 e. The van der Waals surface area contributed by atoms with E-state index in [0.717, 1.165) is 24.8 Å². The van der Waals surface area contributed by atoms with E-state index in [-0.39, 0.29) is 16.7 Å². The lowest BCUT2D eigenvalue weighted by Gasteiger charge is -2.24. The Morgan fingerprint density at radius 2 is 2.24 bits per heavy atom. The van der Waals surface area contributed by atoms with Gasteiger partial charge in [-0.15, -0.1) is 11.3 Å². The van der Waals surface area contributed by atoms with Crippen LogP contribution < -0.4 is 5.32 Å². The number of nitro benzene ring substituents is 1. The second-order valence-corrected chi connectivity index (χ2v) is 8.33. The number of anilines is 1. The molecule has 0 saturated heterocycles. The van der Waals surface area contributed by atoms with Gasteiger partial charge in [0.2, 0.25) is 0 Å². The van der Waals surface area contributed by atoms with Crippen LogP contribution >= 0.6 is 33.9 Å². The lowest BCUT2D eigenvalue weighted by molar-refractivity contribution is -0.384. The Hall–Kier alpha value is -1.15. The fraction of sp³-hybridized carbons (Fsp3) is 0.333. The summed E-state index contributed by atoms with van der Waals surface area (Å²) in [6.07, 6.45) is 3.27. The number of thiophene rings is 1. The molecule has 0 amide bonds. The first-order chi connectivity index (χ1) is 10.0. The highest BCUT2D eigenvalue weighted by molar-refractivity contribution is 14.1. The number of benzene rings is 1. The van der Waals surface area contributed by atoms with Crippen LogP contribution in [0.15, 0.2) is 24.3 Å². The van der Waals surface area contributed by atoms with Gasteiger partial charge in [0.05, 0.1) is 13.8 Å². The summed E-state index contributed by atoms with van der Waals surface area (Å²) in [7, 11) is 0. The summed E-state index contributed by atoms with van der Waals surface area (Å²) in [6.45, 7) is 1.87. The molecule has 1 atom stereocenters. The van der Waals surface area contributed by atoms with Crippen molar-refractivity contribution in [2.24, 2.45) is 0 Å². The second kappa shape index (κ2) is 5.92. The lowest BCUT2D eigenvalue weighted by atomic mass is 9.93. The molecule has 1 aromatic heterocycles. The molecule has 0 radical (unpaired) electrons. The van der Waals surface area contributed by atoms with Crippen LogP contribution in [-0.2, 0) is 6.42 Å². The van der Waals surface area contributed by atoms with Gasteiger partial charge in [0.25, 0.3) is 5.69 Å². The predicted octanol–water partition coefficient (Wildman–Crippen LogP) is 5.06. The molecule has 1 aliphatic carbocycles. The fourth-order valence-corrected chi connectivity index (χ4v) is 4.89. The van der Waals surface area contributed by atoms with Crippen LogP contribution in [-0.4, -0.2) is 4.92 Å². The summed E-state index contributed by atoms with van der Waals surface area (Å²) in [5.74, 6) is 0. The first-order valence-electron chi connectivity index (χ1n) is 6.84. The highest BCUT2D eigenvalue weighted by atomic mass is 127. The summed E-state index contributed by atoms with van der Waals surface area (Å²) >= 11 is 4.18. The van der Waals surface area contributed by atoms with E-state index in [1.807, 2.05) is 30.4 Å². The van der Waals surface area contributed by atoms with E-state index in [1.165, 1.54) is 13.3 Å². The molecule has 1 unspecified atom stereocenters. The van der Waals surface area contributed by atoms with Gasteiger partial charge in [-0.3, -0.25) is 10.1 Å². The minimum atomic E-state index is -0.309. The van der Waals surface area contributed by atoms with Crippen molar-refractivity contribution in [2.45, 2.75) is 32.2 Å². The van der Waals surface area contributed by atoms with Gasteiger partial charge in [-0.2, -0.15) is 0 Å². The normalized spacial score (nSPS) is 17.3. The summed E-state index contributed by atoms with van der Waals surface area (Å²) in [5, 5.41) is 14.6. The zero-order chi connectivity index (χ0) is 15.0. The molecule has 0 aliphatic heterocycles. The molecule has 1 aliphatic rings. The Bertz CT molecular complexity index is 699. The van der Waals surface area contributed by atoms with Gasteiger partial charge in [-0.25, -0.2) is 0 Å². The molecule has 1 N–H and O–H groups in total. The van der Waals surface area contributed by atoms with Crippen molar-refractivity contribution in [3.8, 4) is 0 Å². The van der Waals surface area contributed by atoms with Crippen LogP contribution in [0.25, 0.3) is 0 Å². The number of rotatable bonds is 3. The smallest absolute Gasteiger partial charge is 0.292 e. The summed E-state index contributed by atoms with van der Waals surface area (Å²) in [6, 6.07) is 7.74. The average Bonchev–Trinajstić information content (AvgIpc) is 2.82. The standard InChI is InChI=1S/C15H15IN2O2S/c1-9-5-6-12(13(7-9)18(19)20)17-11-3-2-4-14-10(11)8-15(16)21-14/h5-8,11,17H,2-4H2,1H3. The van der Waals surface area contributed by atoms with E-state index < -0.39 is 0 Å². The SMILES string of the molecule is Cc1ccc(NC2CCCc3sc(I)cc32)c([N+](=O)[O-])c1. The number of fused-ring (bicyclic) bond motifs is 1. The highest BCUT2D eigenvalue weighted by Gasteiger charge is 2.25. The molecule has 0 spiro atoms. The molecule has 110 valence electrons. The molecule has 0 saturated carbocycles. The van der Waals surface area contributed by atoms with Crippen LogP contribution in [0.4, 0.5) is 11.4 Å². The van der Waals surface area contributed by atoms with E-state index in [1.54, 1.807) is 6.07 Å². The number of hydrogen-bond donors (Lipinski definition) is 1. The molecule has 21 heavy (non-hydrogen) atoms. The number of nitro groups is 1. The Morgan fingerprint density at radius 3 is 3.00 bits per heavy atom. The minimum Gasteiger partial charge on any atom is -0.373 e. The maximum atomic E-state index is 11.2. The van der Waals surface area contributed by atoms with Crippen molar-refractivity contribution in [2.75, 3.05) is 5.32 Å². The van der Waals surface area contributed by atoms with Crippen molar-refractivity contribution in [3.05, 3.63) is 53.3 Å². The van der Waals surface area contributed by atoms with E-state index >= 15 is 0 Å². The average molecular weight is 414 g/mol. The zero-order valence-electron chi connectivity index (χ0n) is 11.6. The van der Waals surface area contributed by atoms with Crippen molar-refractivity contribution < 1.29 is 4.92 Å². The predicted molar refractivity (Wildman–Crippen MR) is 94.2 cm³/mol. The highest BCUT2D eigenvalue weighted by Crippen LogP contribution is 2.39. The molecule has 1 aromatic carbocycles. The molecule has 0 fully saturated rings. The number of nitrogens with zero attached hydrogens (tertiary/aromatic N) is 1. The van der Waals surface area contributed by atoms with Crippen LogP contribution in [0.5, 0.6) is 0 Å². The summed E-state index contributed by atoms with van der Waals surface area (Å²) in [4.78, 5) is 12.3. The van der Waals surface area contributed by atoms with Crippen LogP contribution in [0, 0.1) is 19.9 Å². The monoisotopic (exact) mass is 414 g/mol. The van der Waals surface area contributed by atoms with Crippen LogP contribution in [0.2, 0.25) is 0 Å². The van der Waals surface area contributed by atoms with Crippen LogP contribution in [0.1, 0.15) is 34.9 Å². The maximum absolute atomic E-state index is 11.2. The van der Waals surface area contributed by atoms with Gasteiger partial charge >= 0.3 is 0 Å². The van der Waals surface area contributed by atoms with Crippen LogP contribution in [0.3, 0.4) is 0 Å². The zero-order valence-corrected chi connectivity index (χ0v) is 14.5. The molecule has 3 rings (SSSR count). The van der Waals surface area contributed by atoms with Gasteiger partial charge in [-0.1, -0.05) is 6.07 Å². The first-order valence-corrected chi connectivity index (χ1v) is 8.74. The van der Waals surface area contributed by atoms with E-state index in [4.69, 9.17) is 0 Å². The first kappa shape index (κ1) is 14.8. The van der Waals surface area contributed by atoms with Crippen molar-refractivity contribution >= 4 is 45.3 Å². The quantitative estimate of drug-likeness (QED) is 0.434. The third kappa shape index (κ3) is 3.06. The lowest BCUT2D eigenvalue weighted by Crippen LogP contribution is -2.16. The largest absolute Gasteiger partial charge is 0.373 e. The molecule has 4 nitrogen and oxygen atoms in total. The van der Waals surface area contributed by atoms with Gasteiger partial charge in [0.15, 0.2) is 0 Å². The fourth-order valence-electron chi connectivity index (χ4n) is 2.77. The number of hydrogen-bond acceptors (Lipinski definition) is 4. The third-order valence-electron chi connectivity index (χ3n) is 3.76. The van der Waals surface area contributed by atoms with E-state index in [2.05, 4.69) is 34.0 Å². The number of halogens is 1. The molecular weight excluding hydrogens is 399 g/mol. The van der Waals surface area contributed by atoms with Gasteiger partial charge < -0.3 is 5.32 Å². The van der Waals surface area contributed by atoms with E-state index in [0.29, 0.717) is 5.69 Å². The molecule has 0 bridgehead atoms. The topological polar surface area (TPSA) is 55.2 Å². The Labute approximate surface area is 140 Å². The second-order valence-electron chi connectivity index (χ2n) is 5.30. The van der Waals surface area contributed by atoms with Crippen molar-refractivity contribution in [1.82, 2.24) is 0 Å². The van der Waals surface area contributed by atoms with Gasteiger partial charge in [-0.05, 0) is 72.0 Å². The number of aryl methyl sites for hydroxylation is 2. The molecule has 1 heterocycles. The van der Waals surface area contributed by atoms with Crippen molar-refractivity contribution in [3.63, 3.8) is 0 Å². The third-order valence-corrected chi connectivity index (χ3v) is 5.73. The molecule has 6 heteroatoms. The Balaban J connectivity index is 1.93. The minimum absolute atomic E-state index is 0.159. The molecular formula is C15H15IN2O2S. The Kier molecular flexibility index (Phi) is 4.17. The summed E-state index contributed by atoms with van der Waals surface area (Å²) in [5.41, 5.74) is 2.99. The number of nitrogens with one attached hydrogen (secondary N) is 1.